The quantitative estimate of drug-likeness (QED) is 0.499. The van der Waals surface area contributed by atoms with E-state index in [4.69, 9.17) is 11.0 Å². The summed E-state index contributed by atoms with van der Waals surface area (Å²) in [5.74, 6) is -0.999. The number of nitrogen functional groups attached to an aromatic ring is 1. The van der Waals surface area contributed by atoms with Crippen LogP contribution in [-0.4, -0.2) is 27.5 Å². The molecule has 1 heterocycles. The first-order chi connectivity index (χ1) is 11.3. The molecule has 0 amide bonds. The Morgan fingerprint density at radius 3 is 2.25 bits per heavy atom. The van der Waals surface area contributed by atoms with E-state index in [-0.39, 0.29) is 11.3 Å². The molecule has 11 heteroatoms. The predicted molar refractivity (Wildman–Crippen MR) is 79.5 cm³/mol. The van der Waals surface area contributed by atoms with Crippen molar-refractivity contribution < 1.29 is 19.4 Å². The lowest BCUT2D eigenvalue weighted by atomic mass is 10.2. The first-order valence-electron chi connectivity index (χ1n) is 6.24. The molecule has 0 aliphatic rings. The third kappa shape index (κ3) is 2.48. The lowest BCUT2D eigenvalue weighted by molar-refractivity contribution is -0.393. The zero-order valence-electron chi connectivity index (χ0n) is 12.1. The zero-order valence-corrected chi connectivity index (χ0v) is 12.1. The number of rotatable bonds is 4. The molecule has 2 N–H and O–H groups in total. The van der Waals surface area contributed by atoms with Crippen molar-refractivity contribution in [1.29, 1.82) is 5.26 Å². The number of anilines is 1. The van der Waals surface area contributed by atoms with Crippen LogP contribution in [0.5, 0.6) is 0 Å². The van der Waals surface area contributed by atoms with Gasteiger partial charge >= 0.3 is 5.97 Å². The zero-order chi connectivity index (χ0) is 18.0. The van der Waals surface area contributed by atoms with E-state index in [1.165, 1.54) is 0 Å². The number of nitrogens with zero attached hydrogens (tertiary/aromatic N) is 4. The fourth-order valence-electron chi connectivity index (χ4n) is 2.15. The second-order valence-electron chi connectivity index (χ2n) is 4.44. The van der Waals surface area contributed by atoms with Gasteiger partial charge in [-0.1, -0.05) is 0 Å². The number of benzene rings is 1. The maximum absolute atomic E-state index is 11.9. The Hall–Kier alpha value is -3.94. The summed E-state index contributed by atoms with van der Waals surface area (Å²) in [6, 6.07) is 4.91. The van der Waals surface area contributed by atoms with Crippen molar-refractivity contribution in [2.75, 3.05) is 12.8 Å². The summed E-state index contributed by atoms with van der Waals surface area (Å²) in [5, 5.41) is 31.5. The number of nitriles is 1. The Labute approximate surface area is 133 Å². The molecule has 24 heavy (non-hydrogen) atoms. The molecule has 0 saturated heterocycles. The summed E-state index contributed by atoms with van der Waals surface area (Å²) in [7, 11) is 1.04. The van der Waals surface area contributed by atoms with Gasteiger partial charge in [-0.25, -0.2) is 4.79 Å². The van der Waals surface area contributed by atoms with Gasteiger partial charge in [0.1, 0.15) is 6.07 Å². The summed E-state index contributed by atoms with van der Waals surface area (Å²) in [6.45, 7) is 0. The maximum atomic E-state index is 11.9. The second kappa shape index (κ2) is 6.05. The smallest absolute Gasteiger partial charge is 0.357 e. The van der Waals surface area contributed by atoms with Crippen LogP contribution in [0.2, 0.25) is 0 Å². The molecule has 0 fully saturated rings. The molecule has 0 aliphatic heterocycles. The number of para-hydroxylation sites is 1. The lowest BCUT2D eigenvalue weighted by Gasteiger charge is -2.09. The SMILES string of the molecule is COC(=O)c1c(N)c(C#N)cn1-c1c([N+](=O)[O-])cccc1[N+](=O)[O-]. The molecule has 0 saturated carbocycles. The number of ether oxygens (including phenoxy) is 1. The van der Waals surface area contributed by atoms with E-state index >= 15 is 0 Å². The predicted octanol–water partition coefficient (Wildman–Crippen LogP) is 1.53. The van der Waals surface area contributed by atoms with Crippen LogP contribution in [0.4, 0.5) is 17.1 Å². The molecular formula is C13H9N5O6. The van der Waals surface area contributed by atoms with Crippen LogP contribution in [0.3, 0.4) is 0 Å². The van der Waals surface area contributed by atoms with E-state index in [9.17, 15) is 25.0 Å². The molecule has 0 spiro atoms. The van der Waals surface area contributed by atoms with E-state index in [0.29, 0.717) is 0 Å². The molecule has 2 rings (SSSR count). The summed E-state index contributed by atoms with van der Waals surface area (Å²) in [4.78, 5) is 32.7. The van der Waals surface area contributed by atoms with Crippen molar-refractivity contribution >= 4 is 23.0 Å². The minimum atomic E-state index is -0.999. The van der Waals surface area contributed by atoms with Crippen LogP contribution >= 0.6 is 0 Å². The largest absolute Gasteiger partial charge is 0.464 e. The number of nitrogens with two attached hydrogens (primary N) is 1. The fraction of sp³-hybridized carbons (Fsp3) is 0.0769. The summed E-state index contributed by atoms with van der Waals surface area (Å²) in [6.07, 6.45) is 1.01. The van der Waals surface area contributed by atoms with Gasteiger partial charge in [0, 0.05) is 18.3 Å². The number of hydrogen-bond acceptors (Lipinski definition) is 8. The molecule has 0 atom stereocenters. The first-order valence-corrected chi connectivity index (χ1v) is 6.24. The monoisotopic (exact) mass is 331 g/mol. The van der Waals surface area contributed by atoms with Gasteiger partial charge in [0.15, 0.2) is 5.69 Å². The molecule has 1 aromatic heterocycles. The minimum Gasteiger partial charge on any atom is -0.464 e. The van der Waals surface area contributed by atoms with Crippen molar-refractivity contribution in [3.05, 3.63) is 55.9 Å². The van der Waals surface area contributed by atoms with Gasteiger partial charge in [-0.05, 0) is 6.07 Å². The Kier molecular flexibility index (Phi) is 4.14. The van der Waals surface area contributed by atoms with Gasteiger partial charge in [-0.2, -0.15) is 5.26 Å². The van der Waals surface area contributed by atoms with Crippen LogP contribution in [0.1, 0.15) is 16.1 Å². The van der Waals surface area contributed by atoms with Crippen molar-refractivity contribution in [2.45, 2.75) is 0 Å². The fourth-order valence-corrected chi connectivity index (χ4v) is 2.15. The van der Waals surface area contributed by atoms with Crippen molar-refractivity contribution in [1.82, 2.24) is 4.57 Å². The van der Waals surface area contributed by atoms with Crippen molar-refractivity contribution in [3.63, 3.8) is 0 Å². The average Bonchev–Trinajstić information content (AvgIpc) is 2.89. The molecule has 0 aliphatic carbocycles. The van der Waals surface area contributed by atoms with Gasteiger partial charge < -0.3 is 10.5 Å². The summed E-state index contributed by atoms with van der Waals surface area (Å²) >= 11 is 0. The van der Waals surface area contributed by atoms with E-state index in [2.05, 4.69) is 4.74 Å². The first kappa shape index (κ1) is 16.4. The number of nitro groups is 2. The average molecular weight is 331 g/mol. The minimum absolute atomic E-state index is 0.178. The highest BCUT2D eigenvalue weighted by Crippen LogP contribution is 2.36. The maximum Gasteiger partial charge on any atom is 0.357 e. The lowest BCUT2D eigenvalue weighted by Crippen LogP contribution is -2.13. The van der Waals surface area contributed by atoms with Crippen LogP contribution < -0.4 is 5.73 Å². The molecule has 2 aromatic rings. The van der Waals surface area contributed by atoms with Crippen molar-refractivity contribution in [2.24, 2.45) is 0 Å². The number of methoxy groups -OCH3 is 1. The Balaban J connectivity index is 2.97. The van der Waals surface area contributed by atoms with Crippen LogP contribution in [0.25, 0.3) is 5.69 Å². The van der Waals surface area contributed by atoms with Gasteiger partial charge in [0.25, 0.3) is 11.4 Å². The number of carbonyl (C=O) groups is 1. The highest BCUT2D eigenvalue weighted by molar-refractivity contribution is 5.96. The third-order valence-corrected chi connectivity index (χ3v) is 3.17. The normalized spacial score (nSPS) is 10.0. The van der Waals surface area contributed by atoms with E-state index < -0.39 is 38.6 Å². The van der Waals surface area contributed by atoms with Gasteiger partial charge in [0.2, 0.25) is 5.69 Å². The number of hydrogen-bond donors (Lipinski definition) is 1. The number of aromatic nitrogens is 1. The Morgan fingerprint density at radius 1 is 1.29 bits per heavy atom. The second-order valence-corrected chi connectivity index (χ2v) is 4.44. The van der Waals surface area contributed by atoms with Crippen LogP contribution in [0, 0.1) is 31.6 Å². The van der Waals surface area contributed by atoms with Crippen LogP contribution in [-0.2, 0) is 4.74 Å². The van der Waals surface area contributed by atoms with Gasteiger partial charge in [0.05, 0.1) is 28.2 Å². The topological polar surface area (TPSA) is 167 Å². The summed E-state index contributed by atoms with van der Waals surface area (Å²) in [5.41, 5.74) is 3.05. The Morgan fingerprint density at radius 2 is 1.83 bits per heavy atom. The number of carbonyl (C=O) groups excluding carboxylic acids is 1. The Bertz CT molecular complexity index is 878. The highest BCUT2D eigenvalue weighted by Gasteiger charge is 2.31. The molecular weight excluding hydrogens is 322 g/mol. The molecule has 11 nitrogen and oxygen atoms in total. The molecule has 0 unspecified atom stereocenters. The summed E-state index contributed by atoms with van der Waals surface area (Å²) < 4.78 is 5.38. The van der Waals surface area contributed by atoms with Gasteiger partial charge in [-0.15, -0.1) is 0 Å². The number of nitro benzene ring substituents is 2. The molecule has 122 valence electrons. The van der Waals surface area contributed by atoms with E-state index in [1.54, 1.807) is 6.07 Å². The van der Waals surface area contributed by atoms with Crippen molar-refractivity contribution in [3.8, 4) is 11.8 Å². The highest BCUT2D eigenvalue weighted by atomic mass is 16.6. The van der Waals surface area contributed by atoms with Crippen LogP contribution in [0.15, 0.2) is 24.4 Å². The number of esters is 1. The standard InChI is InChI=1S/C13H9N5O6/c1-24-13(19)12-10(15)7(5-14)6-16(12)11-8(17(20)21)3-2-4-9(11)18(22)23/h2-4,6H,15H2,1H3. The molecule has 0 radical (unpaired) electrons. The molecule has 1 aromatic carbocycles. The van der Waals surface area contributed by atoms with E-state index in [1.807, 2.05) is 0 Å². The van der Waals surface area contributed by atoms with Gasteiger partial charge in [-0.3, -0.25) is 24.8 Å². The van der Waals surface area contributed by atoms with E-state index in [0.717, 1.165) is 36.1 Å². The third-order valence-electron chi connectivity index (χ3n) is 3.17. The molecule has 0 bridgehead atoms.